The summed E-state index contributed by atoms with van der Waals surface area (Å²) in [5.41, 5.74) is 2.81. The van der Waals surface area contributed by atoms with Crippen LogP contribution < -0.4 is 5.32 Å². The summed E-state index contributed by atoms with van der Waals surface area (Å²) in [6.07, 6.45) is 5.42. The summed E-state index contributed by atoms with van der Waals surface area (Å²) >= 11 is 1.25. The van der Waals surface area contributed by atoms with E-state index in [0.29, 0.717) is 17.1 Å². The van der Waals surface area contributed by atoms with E-state index in [1.165, 1.54) is 17.4 Å². The fourth-order valence-corrected chi connectivity index (χ4v) is 3.66. The van der Waals surface area contributed by atoms with Gasteiger partial charge in [0.2, 0.25) is 0 Å². The Balaban J connectivity index is 1.40. The topological polar surface area (TPSA) is 59.8 Å². The smallest absolute Gasteiger partial charge is 0.271 e. The maximum atomic E-state index is 13.9. The Morgan fingerprint density at radius 1 is 1.14 bits per heavy atom. The molecule has 2 aromatic carbocycles. The number of halogens is 1. The first-order valence-corrected chi connectivity index (χ1v) is 9.59. The molecule has 0 unspecified atom stereocenters. The van der Waals surface area contributed by atoms with Gasteiger partial charge in [0.1, 0.15) is 16.5 Å². The standard InChI is InChI=1S/C21H17FN4OS/c22-18-7-2-1-6-17(18)21-25-19(13-28-21)20(27)24-11-15-4-3-5-16(10-15)12-26-9-8-23-14-26/h1-10,13-14H,11-12H2,(H,24,27). The van der Waals surface area contributed by atoms with Crippen molar-refractivity contribution >= 4 is 17.2 Å². The minimum Gasteiger partial charge on any atom is -0.347 e. The Labute approximate surface area is 165 Å². The molecule has 0 spiro atoms. The fourth-order valence-electron chi connectivity index (χ4n) is 2.84. The molecule has 0 saturated heterocycles. The lowest BCUT2D eigenvalue weighted by molar-refractivity contribution is 0.0946. The van der Waals surface area contributed by atoms with E-state index in [1.54, 1.807) is 36.1 Å². The molecule has 1 N–H and O–H groups in total. The number of amides is 1. The summed E-state index contributed by atoms with van der Waals surface area (Å²) in [4.78, 5) is 20.7. The minimum atomic E-state index is -0.349. The van der Waals surface area contributed by atoms with Crippen LogP contribution in [0.2, 0.25) is 0 Å². The predicted octanol–water partition coefficient (Wildman–Crippen LogP) is 4.12. The van der Waals surface area contributed by atoms with E-state index in [4.69, 9.17) is 0 Å². The molecule has 0 fully saturated rings. The Bertz CT molecular complexity index is 1090. The number of thiazole rings is 1. The molecule has 5 nitrogen and oxygen atoms in total. The molecule has 4 rings (SSSR count). The summed E-state index contributed by atoms with van der Waals surface area (Å²) < 4.78 is 15.9. The second-order valence-electron chi connectivity index (χ2n) is 6.26. The van der Waals surface area contributed by atoms with Crippen molar-refractivity contribution in [3.8, 4) is 10.6 Å². The highest BCUT2D eigenvalue weighted by Gasteiger charge is 2.14. The van der Waals surface area contributed by atoms with Crippen molar-refractivity contribution in [3.05, 3.63) is 95.3 Å². The van der Waals surface area contributed by atoms with Gasteiger partial charge in [0.05, 0.1) is 6.33 Å². The van der Waals surface area contributed by atoms with Crippen LogP contribution >= 0.6 is 11.3 Å². The van der Waals surface area contributed by atoms with E-state index >= 15 is 0 Å². The highest BCUT2D eigenvalue weighted by molar-refractivity contribution is 7.13. The van der Waals surface area contributed by atoms with E-state index in [0.717, 1.165) is 17.7 Å². The Kier molecular flexibility index (Phi) is 5.25. The molecular weight excluding hydrogens is 375 g/mol. The maximum Gasteiger partial charge on any atom is 0.271 e. The number of rotatable bonds is 6. The number of hydrogen-bond donors (Lipinski definition) is 1. The van der Waals surface area contributed by atoms with Gasteiger partial charge in [-0.1, -0.05) is 36.4 Å². The SMILES string of the molecule is O=C(NCc1cccc(Cn2ccnc2)c1)c1csc(-c2ccccc2F)n1. The first-order chi connectivity index (χ1) is 13.7. The van der Waals surface area contributed by atoms with Crippen LogP contribution in [0, 0.1) is 5.82 Å². The zero-order valence-corrected chi connectivity index (χ0v) is 15.7. The number of nitrogens with one attached hydrogen (secondary N) is 1. The number of hydrogen-bond acceptors (Lipinski definition) is 4. The van der Waals surface area contributed by atoms with E-state index in [1.807, 2.05) is 35.0 Å². The van der Waals surface area contributed by atoms with Crippen LogP contribution in [0.4, 0.5) is 4.39 Å². The van der Waals surface area contributed by atoms with Crippen molar-refractivity contribution in [2.24, 2.45) is 0 Å². The zero-order valence-electron chi connectivity index (χ0n) is 14.9. The Morgan fingerprint density at radius 2 is 2.00 bits per heavy atom. The van der Waals surface area contributed by atoms with Crippen LogP contribution in [-0.4, -0.2) is 20.4 Å². The number of imidazole rings is 1. The third-order valence-electron chi connectivity index (χ3n) is 4.21. The van der Waals surface area contributed by atoms with Crippen molar-refractivity contribution < 1.29 is 9.18 Å². The van der Waals surface area contributed by atoms with Gasteiger partial charge in [-0.15, -0.1) is 11.3 Å². The van der Waals surface area contributed by atoms with Gasteiger partial charge in [0.25, 0.3) is 5.91 Å². The number of aromatic nitrogens is 3. The minimum absolute atomic E-state index is 0.279. The molecule has 2 aromatic heterocycles. The molecule has 0 saturated carbocycles. The van der Waals surface area contributed by atoms with E-state index in [9.17, 15) is 9.18 Å². The highest BCUT2D eigenvalue weighted by Crippen LogP contribution is 2.26. The van der Waals surface area contributed by atoms with E-state index in [2.05, 4.69) is 15.3 Å². The molecule has 0 radical (unpaired) electrons. The van der Waals surface area contributed by atoms with Gasteiger partial charge in [-0.3, -0.25) is 4.79 Å². The fraction of sp³-hybridized carbons (Fsp3) is 0.0952. The number of nitrogens with zero attached hydrogens (tertiary/aromatic N) is 3. The second kappa shape index (κ2) is 8.14. The molecule has 28 heavy (non-hydrogen) atoms. The van der Waals surface area contributed by atoms with Crippen molar-refractivity contribution in [1.29, 1.82) is 0 Å². The largest absolute Gasteiger partial charge is 0.347 e. The third kappa shape index (κ3) is 4.15. The van der Waals surface area contributed by atoms with Crippen LogP contribution in [0.1, 0.15) is 21.6 Å². The van der Waals surface area contributed by atoms with Gasteiger partial charge >= 0.3 is 0 Å². The molecule has 4 aromatic rings. The molecule has 0 aliphatic carbocycles. The molecular formula is C21H17FN4OS. The van der Waals surface area contributed by atoms with Crippen LogP contribution in [0.5, 0.6) is 0 Å². The van der Waals surface area contributed by atoms with Crippen molar-refractivity contribution in [2.75, 3.05) is 0 Å². The molecule has 140 valence electrons. The number of carbonyl (C=O) groups is 1. The molecule has 0 aliphatic rings. The van der Waals surface area contributed by atoms with Crippen LogP contribution in [0.25, 0.3) is 10.6 Å². The summed E-state index contributed by atoms with van der Waals surface area (Å²) in [6.45, 7) is 1.11. The average molecular weight is 392 g/mol. The van der Waals surface area contributed by atoms with E-state index < -0.39 is 0 Å². The zero-order chi connectivity index (χ0) is 19.3. The van der Waals surface area contributed by atoms with Gasteiger partial charge in [-0.2, -0.15) is 0 Å². The molecule has 1 amide bonds. The van der Waals surface area contributed by atoms with Gasteiger partial charge in [0, 0.05) is 36.4 Å². The monoisotopic (exact) mass is 392 g/mol. The van der Waals surface area contributed by atoms with Crippen molar-refractivity contribution in [3.63, 3.8) is 0 Å². The van der Waals surface area contributed by atoms with Crippen molar-refractivity contribution in [2.45, 2.75) is 13.1 Å². The first-order valence-electron chi connectivity index (χ1n) is 8.71. The lowest BCUT2D eigenvalue weighted by atomic mass is 10.1. The third-order valence-corrected chi connectivity index (χ3v) is 5.09. The Morgan fingerprint density at radius 3 is 2.82 bits per heavy atom. The van der Waals surface area contributed by atoms with Gasteiger partial charge < -0.3 is 9.88 Å². The highest BCUT2D eigenvalue weighted by atomic mass is 32.1. The number of carbonyl (C=O) groups excluding carboxylic acids is 1. The normalized spacial score (nSPS) is 10.8. The molecule has 7 heteroatoms. The van der Waals surface area contributed by atoms with Gasteiger partial charge in [-0.25, -0.2) is 14.4 Å². The van der Waals surface area contributed by atoms with Crippen molar-refractivity contribution in [1.82, 2.24) is 19.9 Å². The van der Waals surface area contributed by atoms with Gasteiger partial charge in [-0.05, 0) is 23.3 Å². The lowest BCUT2D eigenvalue weighted by Gasteiger charge is -2.07. The molecule has 0 atom stereocenters. The number of benzene rings is 2. The molecule has 2 heterocycles. The molecule has 0 bridgehead atoms. The summed E-state index contributed by atoms with van der Waals surface area (Å²) in [6, 6.07) is 14.4. The van der Waals surface area contributed by atoms with Gasteiger partial charge in [0.15, 0.2) is 0 Å². The van der Waals surface area contributed by atoms with E-state index in [-0.39, 0.29) is 17.4 Å². The summed E-state index contributed by atoms with van der Waals surface area (Å²) in [5.74, 6) is -0.627. The molecule has 0 aliphatic heterocycles. The lowest BCUT2D eigenvalue weighted by Crippen LogP contribution is -2.23. The summed E-state index contributed by atoms with van der Waals surface area (Å²) in [5, 5.41) is 5.01. The quantitative estimate of drug-likeness (QED) is 0.537. The maximum absolute atomic E-state index is 13.9. The average Bonchev–Trinajstić information content (AvgIpc) is 3.39. The van der Waals surface area contributed by atoms with Crippen LogP contribution in [-0.2, 0) is 13.1 Å². The van der Waals surface area contributed by atoms with Crippen LogP contribution in [0.15, 0.2) is 72.6 Å². The van der Waals surface area contributed by atoms with Crippen LogP contribution in [0.3, 0.4) is 0 Å². The Hall–Kier alpha value is -3.32. The first kappa shape index (κ1) is 18.1. The second-order valence-corrected chi connectivity index (χ2v) is 7.11. The predicted molar refractivity (Wildman–Crippen MR) is 106 cm³/mol. The summed E-state index contributed by atoms with van der Waals surface area (Å²) in [7, 11) is 0.